The third kappa shape index (κ3) is 3.25. The number of aromatic nitrogens is 1. The van der Waals surface area contributed by atoms with Gasteiger partial charge in [0.05, 0.1) is 5.56 Å². The summed E-state index contributed by atoms with van der Waals surface area (Å²) in [5, 5.41) is 0. The number of nitrogens with two attached hydrogens (primary N) is 1. The second kappa shape index (κ2) is 6.34. The van der Waals surface area contributed by atoms with Crippen LogP contribution in [0.5, 0.6) is 0 Å². The van der Waals surface area contributed by atoms with Crippen LogP contribution in [0, 0.1) is 0 Å². The number of hydrogen-bond donors (Lipinski definition) is 2. The number of halogens is 1. The molecule has 1 unspecified atom stereocenters. The predicted octanol–water partition coefficient (Wildman–Crippen LogP) is 2.53. The number of hydrogen-bond acceptors (Lipinski definition) is 4. The summed E-state index contributed by atoms with van der Waals surface area (Å²) in [5.41, 5.74) is 3.01. The van der Waals surface area contributed by atoms with Crippen molar-refractivity contribution in [2.24, 2.45) is 5.84 Å². The number of hydrazine groups is 1. The molecule has 1 aliphatic heterocycles. The summed E-state index contributed by atoms with van der Waals surface area (Å²) in [4.78, 5) is 18.7. The van der Waals surface area contributed by atoms with Crippen LogP contribution in [-0.2, 0) is 0 Å². The van der Waals surface area contributed by atoms with Gasteiger partial charge >= 0.3 is 0 Å². The normalized spacial score (nSPS) is 19.9. The first kappa shape index (κ1) is 14.3. The Bertz CT molecular complexity index is 466. The zero-order chi connectivity index (χ0) is 13.8. The molecule has 1 fully saturated rings. The quantitative estimate of drug-likeness (QED) is 0.647. The zero-order valence-corrected chi connectivity index (χ0v) is 12.6. The first-order valence-corrected chi connectivity index (χ1v) is 7.36. The van der Waals surface area contributed by atoms with Crippen LogP contribution in [0.15, 0.2) is 16.7 Å². The van der Waals surface area contributed by atoms with Gasteiger partial charge in [0.25, 0.3) is 5.91 Å². The molecule has 6 heteroatoms. The number of carbonyl (C=O) groups is 1. The Hall–Kier alpha value is -1.14. The maximum Gasteiger partial charge on any atom is 0.257 e. The van der Waals surface area contributed by atoms with E-state index in [0.717, 1.165) is 23.9 Å². The highest BCUT2D eigenvalue weighted by molar-refractivity contribution is 9.10. The molecule has 1 aliphatic rings. The Balaban J connectivity index is 2.29. The second-order valence-corrected chi connectivity index (χ2v) is 5.81. The van der Waals surface area contributed by atoms with Crippen molar-refractivity contribution in [3.63, 3.8) is 0 Å². The highest BCUT2D eigenvalue weighted by Crippen LogP contribution is 2.23. The molecule has 0 aliphatic carbocycles. The molecule has 19 heavy (non-hydrogen) atoms. The van der Waals surface area contributed by atoms with E-state index in [0.29, 0.717) is 11.4 Å². The summed E-state index contributed by atoms with van der Waals surface area (Å²) in [6.07, 6.45) is 6.11. The average molecular weight is 327 g/mol. The number of nitrogens with one attached hydrogen (secondary N) is 1. The molecule has 104 valence electrons. The van der Waals surface area contributed by atoms with Crippen molar-refractivity contribution in [3.8, 4) is 0 Å². The Morgan fingerprint density at radius 1 is 1.53 bits per heavy atom. The van der Waals surface area contributed by atoms with Crippen LogP contribution in [0.1, 0.15) is 43.0 Å². The van der Waals surface area contributed by atoms with E-state index < -0.39 is 0 Å². The van der Waals surface area contributed by atoms with Gasteiger partial charge in [-0.1, -0.05) is 12.8 Å². The minimum Gasteiger partial charge on any atom is -0.336 e. The number of anilines is 1. The summed E-state index contributed by atoms with van der Waals surface area (Å²) in [6, 6.07) is 2.03. The maximum atomic E-state index is 12.7. The van der Waals surface area contributed by atoms with Crippen molar-refractivity contribution in [2.45, 2.75) is 38.6 Å². The first-order chi connectivity index (χ1) is 9.13. The Labute approximate surface area is 121 Å². The summed E-state index contributed by atoms with van der Waals surface area (Å²) >= 11 is 3.35. The van der Waals surface area contributed by atoms with E-state index in [1.54, 1.807) is 12.3 Å². The van der Waals surface area contributed by atoms with Crippen LogP contribution in [0.2, 0.25) is 0 Å². The van der Waals surface area contributed by atoms with Crippen LogP contribution in [0.3, 0.4) is 0 Å². The largest absolute Gasteiger partial charge is 0.336 e. The Morgan fingerprint density at radius 3 is 3.05 bits per heavy atom. The van der Waals surface area contributed by atoms with E-state index >= 15 is 0 Å². The summed E-state index contributed by atoms with van der Waals surface area (Å²) < 4.78 is 0.775. The second-order valence-electron chi connectivity index (χ2n) is 4.89. The van der Waals surface area contributed by atoms with Crippen LogP contribution in [0.25, 0.3) is 0 Å². The van der Waals surface area contributed by atoms with E-state index in [2.05, 4.69) is 33.3 Å². The van der Waals surface area contributed by atoms with Crippen LogP contribution < -0.4 is 11.3 Å². The van der Waals surface area contributed by atoms with Crippen molar-refractivity contribution in [1.82, 2.24) is 9.88 Å². The predicted molar refractivity (Wildman–Crippen MR) is 78.7 cm³/mol. The molecule has 0 aromatic carbocycles. The number of amides is 1. The third-order valence-corrected chi connectivity index (χ3v) is 3.97. The number of likely N-dealkylation sites (tertiary alicyclic amines) is 1. The number of pyridine rings is 1. The van der Waals surface area contributed by atoms with Crippen LogP contribution >= 0.6 is 15.9 Å². The topological polar surface area (TPSA) is 71.2 Å². The standard InChI is InChI=1S/C13H19BrN4O/c1-9-5-3-2-4-6-18(9)13(19)11-7-10(14)8-16-12(11)17-15/h7-9H,2-6,15H2,1H3,(H,16,17). The van der Waals surface area contributed by atoms with Crippen molar-refractivity contribution in [1.29, 1.82) is 0 Å². The van der Waals surface area contributed by atoms with Gasteiger partial charge in [-0.05, 0) is 41.8 Å². The SMILES string of the molecule is CC1CCCCCN1C(=O)c1cc(Br)cnc1NN. The fourth-order valence-electron chi connectivity index (χ4n) is 2.45. The lowest BCUT2D eigenvalue weighted by molar-refractivity contribution is 0.0698. The molecule has 2 rings (SSSR count). The number of nitrogen functional groups attached to an aromatic ring is 1. The molecule has 2 heterocycles. The van der Waals surface area contributed by atoms with Gasteiger partial charge in [-0.2, -0.15) is 0 Å². The van der Waals surface area contributed by atoms with Gasteiger partial charge in [0.1, 0.15) is 0 Å². The molecule has 0 spiro atoms. The van der Waals surface area contributed by atoms with E-state index in [9.17, 15) is 4.79 Å². The Kier molecular flexibility index (Phi) is 4.76. The minimum atomic E-state index is -0.00356. The van der Waals surface area contributed by atoms with E-state index in [-0.39, 0.29) is 11.9 Å². The molecule has 1 atom stereocenters. The molecular weight excluding hydrogens is 308 g/mol. The first-order valence-electron chi connectivity index (χ1n) is 6.56. The highest BCUT2D eigenvalue weighted by Gasteiger charge is 2.25. The molecule has 1 amide bonds. The monoisotopic (exact) mass is 326 g/mol. The average Bonchev–Trinajstić information content (AvgIpc) is 2.62. The van der Waals surface area contributed by atoms with Gasteiger partial charge in [-0.15, -0.1) is 0 Å². The lowest BCUT2D eigenvalue weighted by Crippen LogP contribution is -2.38. The highest BCUT2D eigenvalue weighted by atomic mass is 79.9. The molecule has 0 bridgehead atoms. The van der Waals surface area contributed by atoms with Crippen LogP contribution in [-0.4, -0.2) is 28.4 Å². The molecule has 0 radical (unpaired) electrons. The molecular formula is C13H19BrN4O. The van der Waals surface area contributed by atoms with Crippen LogP contribution in [0.4, 0.5) is 5.82 Å². The van der Waals surface area contributed by atoms with Gasteiger partial charge in [0, 0.05) is 23.3 Å². The fraction of sp³-hybridized carbons (Fsp3) is 0.538. The van der Waals surface area contributed by atoms with Crippen molar-refractivity contribution < 1.29 is 4.79 Å². The van der Waals surface area contributed by atoms with E-state index in [4.69, 9.17) is 5.84 Å². The number of carbonyl (C=O) groups excluding carboxylic acids is 1. The molecule has 3 N–H and O–H groups in total. The fourth-order valence-corrected chi connectivity index (χ4v) is 2.78. The van der Waals surface area contributed by atoms with Crippen molar-refractivity contribution >= 4 is 27.7 Å². The van der Waals surface area contributed by atoms with Gasteiger partial charge in [-0.25, -0.2) is 10.8 Å². The van der Waals surface area contributed by atoms with E-state index in [1.165, 1.54) is 12.8 Å². The Morgan fingerprint density at radius 2 is 2.32 bits per heavy atom. The smallest absolute Gasteiger partial charge is 0.257 e. The van der Waals surface area contributed by atoms with Gasteiger partial charge in [-0.3, -0.25) is 4.79 Å². The van der Waals surface area contributed by atoms with Crippen molar-refractivity contribution in [2.75, 3.05) is 12.0 Å². The molecule has 1 aromatic rings. The van der Waals surface area contributed by atoms with Gasteiger partial charge < -0.3 is 10.3 Å². The summed E-state index contributed by atoms with van der Waals surface area (Å²) in [6.45, 7) is 2.90. The summed E-state index contributed by atoms with van der Waals surface area (Å²) in [5.74, 6) is 5.85. The number of rotatable bonds is 2. The van der Waals surface area contributed by atoms with Crippen molar-refractivity contribution in [3.05, 3.63) is 22.3 Å². The third-order valence-electron chi connectivity index (χ3n) is 3.54. The molecule has 5 nitrogen and oxygen atoms in total. The van der Waals surface area contributed by atoms with E-state index in [1.807, 2.05) is 4.90 Å². The number of nitrogens with zero attached hydrogens (tertiary/aromatic N) is 2. The van der Waals surface area contributed by atoms with Gasteiger partial charge in [0.2, 0.25) is 0 Å². The molecule has 1 aromatic heterocycles. The zero-order valence-electron chi connectivity index (χ0n) is 11.0. The molecule has 1 saturated heterocycles. The maximum absolute atomic E-state index is 12.7. The molecule has 0 saturated carbocycles. The van der Waals surface area contributed by atoms with Gasteiger partial charge in [0.15, 0.2) is 5.82 Å². The lowest BCUT2D eigenvalue weighted by atomic mass is 10.1. The minimum absolute atomic E-state index is 0.00356. The summed E-state index contributed by atoms with van der Waals surface area (Å²) in [7, 11) is 0. The lowest BCUT2D eigenvalue weighted by Gasteiger charge is -2.27.